The second-order valence-electron chi connectivity index (χ2n) is 15.3. The fourth-order valence-electron chi connectivity index (χ4n) is 8.26. The van der Waals surface area contributed by atoms with Gasteiger partial charge in [0.15, 0.2) is 0 Å². The Hall–Kier alpha value is -4.64. The van der Waals surface area contributed by atoms with Gasteiger partial charge in [-0.1, -0.05) is 57.2 Å². The zero-order valence-electron chi connectivity index (χ0n) is 29.7. The van der Waals surface area contributed by atoms with Gasteiger partial charge in [0.25, 0.3) is 0 Å². The molecule has 0 saturated carbocycles. The van der Waals surface area contributed by atoms with Crippen LogP contribution in [0.2, 0.25) is 0 Å². The number of para-hydroxylation sites is 1. The minimum Gasteiger partial charge on any atom is -0.359 e. The van der Waals surface area contributed by atoms with E-state index in [9.17, 15) is 0 Å². The molecule has 5 aromatic rings. The Bertz CT molecular complexity index is 2190. The van der Waals surface area contributed by atoms with E-state index in [4.69, 9.17) is 0 Å². The zero-order chi connectivity index (χ0) is 33.2. The standard InChI is InChI=1S/C42H47N5/c1-26-28(3)45(24-43(26)9)32-14-11-13-31(21-32)42(8)36-16-12-15-34-35-22-30(41(5,6)7)17-19-38(35)47(40(34)36)39-20-18-33(23-37(39)42)46-25-44(10)27(2)29(46)4/h11-23H,24-25H2,1-10H3. The van der Waals surface area contributed by atoms with Gasteiger partial charge in [0.1, 0.15) is 0 Å². The fourth-order valence-corrected chi connectivity index (χ4v) is 8.26. The lowest BCUT2D eigenvalue weighted by atomic mass is 9.68. The average molecular weight is 622 g/mol. The third-order valence-electron chi connectivity index (χ3n) is 11.7. The van der Waals surface area contributed by atoms with E-state index in [2.05, 4.69) is 173 Å². The van der Waals surface area contributed by atoms with Gasteiger partial charge in [0, 0.05) is 64.4 Å². The third-order valence-corrected chi connectivity index (χ3v) is 11.7. The van der Waals surface area contributed by atoms with Gasteiger partial charge in [0.2, 0.25) is 0 Å². The quantitative estimate of drug-likeness (QED) is 0.200. The summed E-state index contributed by atoms with van der Waals surface area (Å²) in [5.74, 6) is 0. The molecule has 3 aliphatic rings. The second kappa shape index (κ2) is 9.93. The molecule has 5 nitrogen and oxygen atoms in total. The molecular formula is C42H47N5. The summed E-state index contributed by atoms with van der Waals surface area (Å²) in [6, 6.07) is 30.6. The molecule has 1 unspecified atom stereocenters. The van der Waals surface area contributed by atoms with Crippen LogP contribution < -0.4 is 9.80 Å². The monoisotopic (exact) mass is 621 g/mol. The molecule has 0 saturated heterocycles. The number of anilines is 2. The van der Waals surface area contributed by atoms with E-state index in [-0.39, 0.29) is 10.8 Å². The summed E-state index contributed by atoms with van der Waals surface area (Å²) < 4.78 is 2.55. The van der Waals surface area contributed by atoms with Crippen LogP contribution in [0.3, 0.4) is 0 Å². The number of aromatic nitrogens is 1. The van der Waals surface area contributed by atoms with Crippen LogP contribution in [0.1, 0.15) is 77.6 Å². The number of hydrogen-bond donors (Lipinski definition) is 0. The minimum absolute atomic E-state index is 0.0726. The molecule has 0 spiro atoms. The highest BCUT2D eigenvalue weighted by atomic mass is 15.4. The summed E-state index contributed by atoms with van der Waals surface area (Å²) in [6.07, 6.45) is 0. The number of allylic oxidation sites excluding steroid dienone is 4. The highest BCUT2D eigenvalue weighted by Gasteiger charge is 2.41. The van der Waals surface area contributed by atoms with E-state index in [0.29, 0.717) is 0 Å². The predicted molar refractivity (Wildman–Crippen MR) is 198 cm³/mol. The molecule has 4 aromatic carbocycles. The molecule has 0 fully saturated rings. The third kappa shape index (κ3) is 4.08. The number of nitrogens with zero attached hydrogens (tertiary/aromatic N) is 5. The first kappa shape index (κ1) is 29.7. The molecule has 3 aliphatic heterocycles. The highest BCUT2D eigenvalue weighted by Crippen LogP contribution is 2.52. The lowest BCUT2D eigenvalue weighted by Crippen LogP contribution is -2.32. The highest BCUT2D eigenvalue weighted by molar-refractivity contribution is 6.12. The van der Waals surface area contributed by atoms with Crippen LogP contribution in [0, 0.1) is 0 Å². The van der Waals surface area contributed by atoms with E-state index < -0.39 is 0 Å². The summed E-state index contributed by atoms with van der Waals surface area (Å²) in [5.41, 5.74) is 16.7. The van der Waals surface area contributed by atoms with Crippen LogP contribution in [0.25, 0.3) is 27.5 Å². The lowest BCUT2D eigenvalue weighted by molar-refractivity contribution is 0.459. The van der Waals surface area contributed by atoms with Crippen molar-refractivity contribution in [3.8, 4) is 5.69 Å². The van der Waals surface area contributed by atoms with Crippen LogP contribution in [-0.4, -0.2) is 41.8 Å². The number of hydrogen-bond acceptors (Lipinski definition) is 4. The lowest BCUT2D eigenvalue weighted by Gasteiger charge is -2.39. The van der Waals surface area contributed by atoms with Crippen molar-refractivity contribution in [1.29, 1.82) is 0 Å². The first-order valence-corrected chi connectivity index (χ1v) is 17.0. The second-order valence-corrected chi connectivity index (χ2v) is 15.3. The van der Waals surface area contributed by atoms with Crippen molar-refractivity contribution in [2.45, 2.75) is 66.2 Å². The Kier molecular flexibility index (Phi) is 6.29. The molecule has 47 heavy (non-hydrogen) atoms. The molecule has 240 valence electrons. The van der Waals surface area contributed by atoms with Crippen molar-refractivity contribution < 1.29 is 0 Å². The van der Waals surface area contributed by atoms with E-state index in [1.54, 1.807) is 0 Å². The van der Waals surface area contributed by atoms with E-state index in [1.807, 2.05) is 0 Å². The average Bonchev–Trinajstić information content (AvgIpc) is 3.63. The van der Waals surface area contributed by atoms with Crippen LogP contribution >= 0.6 is 0 Å². The van der Waals surface area contributed by atoms with Gasteiger partial charge in [-0.15, -0.1) is 0 Å². The molecular weight excluding hydrogens is 574 g/mol. The van der Waals surface area contributed by atoms with Crippen molar-refractivity contribution in [1.82, 2.24) is 14.4 Å². The van der Waals surface area contributed by atoms with Gasteiger partial charge in [0.05, 0.1) is 30.1 Å². The fraction of sp³-hybridized carbons (Fsp3) is 0.333. The van der Waals surface area contributed by atoms with Crippen molar-refractivity contribution in [3.05, 3.63) is 124 Å². The van der Waals surface area contributed by atoms with Crippen LogP contribution in [0.4, 0.5) is 11.4 Å². The Morgan fingerprint density at radius 2 is 1.26 bits per heavy atom. The Morgan fingerprint density at radius 3 is 1.87 bits per heavy atom. The number of benzene rings is 4. The van der Waals surface area contributed by atoms with E-state index in [1.165, 1.54) is 83.9 Å². The first-order valence-electron chi connectivity index (χ1n) is 17.0. The predicted octanol–water partition coefficient (Wildman–Crippen LogP) is 9.67. The van der Waals surface area contributed by atoms with Crippen molar-refractivity contribution in [2.75, 3.05) is 37.2 Å². The van der Waals surface area contributed by atoms with Crippen LogP contribution in [0.5, 0.6) is 0 Å². The molecule has 5 heteroatoms. The maximum Gasteiger partial charge on any atom is 0.0943 e. The molecule has 1 aromatic heterocycles. The molecule has 4 heterocycles. The summed E-state index contributed by atoms with van der Waals surface area (Å²) in [7, 11) is 4.37. The molecule has 0 aliphatic carbocycles. The van der Waals surface area contributed by atoms with Crippen LogP contribution in [-0.2, 0) is 10.8 Å². The van der Waals surface area contributed by atoms with Gasteiger partial charge < -0.3 is 24.2 Å². The van der Waals surface area contributed by atoms with Crippen molar-refractivity contribution >= 4 is 33.2 Å². The summed E-state index contributed by atoms with van der Waals surface area (Å²) in [4.78, 5) is 9.59. The Morgan fingerprint density at radius 1 is 0.617 bits per heavy atom. The SMILES string of the molecule is CC1=C(C)N(c2cccc(C3(C)c4cc(N5CN(C)C(C)=C5C)ccc4-n4c5ccc(C(C)(C)C)cc5c5cccc3c54)c2)CN1C. The molecule has 0 N–H and O–H groups in total. The minimum atomic E-state index is -0.380. The van der Waals surface area contributed by atoms with Gasteiger partial charge in [-0.05, 0) is 105 Å². The normalized spacial score (nSPS) is 19.7. The first-order chi connectivity index (χ1) is 22.3. The summed E-state index contributed by atoms with van der Waals surface area (Å²) in [6.45, 7) is 20.0. The van der Waals surface area contributed by atoms with E-state index >= 15 is 0 Å². The molecule has 0 bridgehead atoms. The maximum absolute atomic E-state index is 2.55. The molecule has 1 atom stereocenters. The molecule has 0 amide bonds. The number of rotatable bonds is 3. The number of fused-ring (bicyclic) bond motifs is 5. The largest absolute Gasteiger partial charge is 0.359 e. The molecule has 0 radical (unpaired) electrons. The topological polar surface area (TPSA) is 17.9 Å². The Labute approximate surface area is 280 Å². The summed E-state index contributed by atoms with van der Waals surface area (Å²) >= 11 is 0. The smallest absolute Gasteiger partial charge is 0.0943 e. The Balaban J connectivity index is 1.43. The summed E-state index contributed by atoms with van der Waals surface area (Å²) in [5, 5.41) is 2.65. The van der Waals surface area contributed by atoms with E-state index in [0.717, 1.165) is 13.3 Å². The van der Waals surface area contributed by atoms with Gasteiger partial charge in [-0.3, -0.25) is 0 Å². The van der Waals surface area contributed by atoms with Gasteiger partial charge in [-0.25, -0.2) is 0 Å². The van der Waals surface area contributed by atoms with Gasteiger partial charge in [-0.2, -0.15) is 0 Å². The molecule has 8 rings (SSSR count). The maximum atomic E-state index is 2.55. The van der Waals surface area contributed by atoms with Crippen molar-refractivity contribution in [2.24, 2.45) is 0 Å². The van der Waals surface area contributed by atoms with Gasteiger partial charge >= 0.3 is 0 Å². The van der Waals surface area contributed by atoms with Crippen molar-refractivity contribution in [3.63, 3.8) is 0 Å². The van der Waals surface area contributed by atoms with Crippen LogP contribution in [0.15, 0.2) is 102 Å². The zero-order valence-corrected chi connectivity index (χ0v) is 29.7.